The minimum absolute atomic E-state index is 0.262. The van der Waals surface area contributed by atoms with Crippen molar-refractivity contribution >= 4 is 33.3 Å². The molecule has 0 saturated heterocycles. The van der Waals surface area contributed by atoms with E-state index in [2.05, 4.69) is 36.5 Å². The molecule has 0 unspecified atom stereocenters. The lowest BCUT2D eigenvalue weighted by molar-refractivity contribution is 0.102. The summed E-state index contributed by atoms with van der Waals surface area (Å²) in [4.78, 5) is 20.5. The molecule has 1 heterocycles. The molecule has 0 aliphatic carbocycles. The highest BCUT2D eigenvalue weighted by molar-refractivity contribution is 9.10. The van der Waals surface area contributed by atoms with Gasteiger partial charge in [-0.3, -0.25) is 4.79 Å². The largest absolute Gasteiger partial charge is 0.369 e. The summed E-state index contributed by atoms with van der Waals surface area (Å²) in [5.41, 5.74) is 2.15. The molecular weight excluding hydrogens is 332 g/mol. The monoisotopic (exact) mass is 348 g/mol. The number of aromatic nitrogens is 2. The Balaban J connectivity index is 2.14. The Kier molecular flexibility index (Phi) is 5.27. The molecule has 0 radical (unpaired) electrons. The first kappa shape index (κ1) is 15.4. The van der Waals surface area contributed by atoms with Gasteiger partial charge >= 0.3 is 0 Å². The normalized spacial score (nSPS) is 10.2. The number of nitrogens with one attached hydrogen (secondary N) is 2. The summed E-state index contributed by atoms with van der Waals surface area (Å²) in [6.07, 6.45) is 3.86. The highest BCUT2D eigenvalue weighted by atomic mass is 79.9. The predicted octanol–water partition coefficient (Wildman–Crippen LogP) is 3.49. The van der Waals surface area contributed by atoms with Crippen LogP contribution in [-0.4, -0.2) is 22.4 Å². The van der Waals surface area contributed by atoms with Gasteiger partial charge in [-0.05, 0) is 37.1 Å². The van der Waals surface area contributed by atoms with Crippen LogP contribution >= 0.6 is 15.9 Å². The molecule has 0 saturated carbocycles. The zero-order valence-corrected chi connectivity index (χ0v) is 13.6. The molecule has 0 bridgehead atoms. The average Bonchev–Trinajstić information content (AvgIpc) is 2.50. The van der Waals surface area contributed by atoms with Crippen molar-refractivity contribution in [2.45, 2.75) is 20.3 Å². The SMILES string of the molecule is CCNc1cnc(C(=O)Nc2ccc(Br)cc2CC)cn1. The van der Waals surface area contributed by atoms with Crippen molar-refractivity contribution in [1.82, 2.24) is 9.97 Å². The van der Waals surface area contributed by atoms with Gasteiger partial charge in [0.25, 0.3) is 5.91 Å². The first-order chi connectivity index (χ1) is 10.1. The molecule has 0 aliphatic heterocycles. The fourth-order valence-electron chi connectivity index (χ4n) is 1.88. The number of amides is 1. The fraction of sp³-hybridized carbons (Fsp3) is 0.267. The lowest BCUT2D eigenvalue weighted by atomic mass is 10.1. The van der Waals surface area contributed by atoms with E-state index in [1.54, 1.807) is 6.20 Å². The number of nitrogens with zero attached hydrogens (tertiary/aromatic N) is 2. The van der Waals surface area contributed by atoms with Gasteiger partial charge in [0.15, 0.2) is 0 Å². The van der Waals surface area contributed by atoms with Crippen LogP contribution in [0.25, 0.3) is 0 Å². The number of benzene rings is 1. The molecule has 110 valence electrons. The van der Waals surface area contributed by atoms with E-state index in [1.165, 1.54) is 6.20 Å². The molecule has 1 amide bonds. The van der Waals surface area contributed by atoms with Crippen LogP contribution in [0.2, 0.25) is 0 Å². The topological polar surface area (TPSA) is 66.9 Å². The van der Waals surface area contributed by atoms with E-state index >= 15 is 0 Å². The third-order valence-electron chi connectivity index (χ3n) is 2.94. The molecule has 1 aromatic heterocycles. The van der Waals surface area contributed by atoms with Crippen LogP contribution in [-0.2, 0) is 6.42 Å². The van der Waals surface area contributed by atoms with Crippen LogP contribution in [0.5, 0.6) is 0 Å². The molecular formula is C15H17BrN4O. The summed E-state index contributed by atoms with van der Waals surface area (Å²) in [7, 11) is 0. The fourth-order valence-corrected chi connectivity index (χ4v) is 2.29. The Bertz CT molecular complexity index is 628. The molecule has 6 heteroatoms. The van der Waals surface area contributed by atoms with E-state index in [1.807, 2.05) is 32.0 Å². The lowest BCUT2D eigenvalue weighted by Gasteiger charge is -2.10. The van der Waals surface area contributed by atoms with Crippen molar-refractivity contribution in [2.24, 2.45) is 0 Å². The number of hydrogen-bond donors (Lipinski definition) is 2. The molecule has 21 heavy (non-hydrogen) atoms. The van der Waals surface area contributed by atoms with E-state index < -0.39 is 0 Å². The van der Waals surface area contributed by atoms with E-state index in [4.69, 9.17) is 0 Å². The maximum Gasteiger partial charge on any atom is 0.275 e. The van der Waals surface area contributed by atoms with Crippen molar-refractivity contribution < 1.29 is 4.79 Å². The zero-order valence-electron chi connectivity index (χ0n) is 12.0. The van der Waals surface area contributed by atoms with Crippen molar-refractivity contribution in [3.63, 3.8) is 0 Å². The number of carbonyl (C=O) groups excluding carboxylic acids is 1. The maximum absolute atomic E-state index is 12.2. The van der Waals surface area contributed by atoms with Gasteiger partial charge < -0.3 is 10.6 Å². The van der Waals surface area contributed by atoms with Crippen molar-refractivity contribution in [1.29, 1.82) is 0 Å². The van der Waals surface area contributed by atoms with Gasteiger partial charge in [-0.1, -0.05) is 22.9 Å². The average molecular weight is 349 g/mol. The Hall–Kier alpha value is -1.95. The minimum Gasteiger partial charge on any atom is -0.369 e. The number of rotatable bonds is 5. The van der Waals surface area contributed by atoms with E-state index in [-0.39, 0.29) is 5.91 Å². The number of halogens is 1. The Morgan fingerprint density at radius 2 is 2.05 bits per heavy atom. The lowest BCUT2D eigenvalue weighted by Crippen LogP contribution is -2.15. The van der Waals surface area contributed by atoms with Gasteiger partial charge in [0, 0.05) is 16.7 Å². The van der Waals surface area contributed by atoms with Gasteiger partial charge in [0.2, 0.25) is 0 Å². The summed E-state index contributed by atoms with van der Waals surface area (Å²) in [6.45, 7) is 4.78. The van der Waals surface area contributed by atoms with Crippen LogP contribution in [0.4, 0.5) is 11.5 Å². The second-order valence-electron chi connectivity index (χ2n) is 4.43. The van der Waals surface area contributed by atoms with Crippen LogP contribution in [0.15, 0.2) is 35.1 Å². The third-order valence-corrected chi connectivity index (χ3v) is 3.43. The number of aryl methyl sites for hydroxylation is 1. The molecule has 0 aliphatic rings. The van der Waals surface area contributed by atoms with E-state index in [9.17, 15) is 4.79 Å². The molecule has 1 aromatic carbocycles. The van der Waals surface area contributed by atoms with Crippen molar-refractivity contribution in [3.05, 3.63) is 46.3 Å². The van der Waals surface area contributed by atoms with Gasteiger partial charge in [-0.2, -0.15) is 0 Å². The van der Waals surface area contributed by atoms with E-state index in [0.717, 1.165) is 28.7 Å². The summed E-state index contributed by atoms with van der Waals surface area (Å²) in [5.74, 6) is 0.398. The smallest absolute Gasteiger partial charge is 0.275 e. The zero-order chi connectivity index (χ0) is 15.2. The molecule has 2 N–H and O–H groups in total. The van der Waals surface area contributed by atoms with Gasteiger partial charge in [0.05, 0.1) is 12.4 Å². The summed E-state index contributed by atoms with van der Waals surface area (Å²) >= 11 is 3.43. The highest BCUT2D eigenvalue weighted by Gasteiger charge is 2.10. The van der Waals surface area contributed by atoms with Crippen LogP contribution in [0.3, 0.4) is 0 Å². The molecule has 2 rings (SSSR count). The second kappa shape index (κ2) is 7.17. The molecule has 0 atom stereocenters. The third kappa shape index (κ3) is 4.01. The first-order valence-corrected chi connectivity index (χ1v) is 7.59. The molecule has 2 aromatic rings. The molecule has 5 nitrogen and oxygen atoms in total. The van der Waals surface area contributed by atoms with Crippen molar-refractivity contribution in [3.8, 4) is 0 Å². The quantitative estimate of drug-likeness (QED) is 0.867. The Morgan fingerprint density at radius 1 is 1.24 bits per heavy atom. The van der Waals surface area contributed by atoms with E-state index in [0.29, 0.717) is 11.5 Å². The van der Waals surface area contributed by atoms with Crippen LogP contribution < -0.4 is 10.6 Å². The number of carbonyl (C=O) groups is 1. The van der Waals surface area contributed by atoms with Gasteiger partial charge in [-0.25, -0.2) is 9.97 Å². The van der Waals surface area contributed by atoms with Crippen LogP contribution in [0.1, 0.15) is 29.9 Å². The van der Waals surface area contributed by atoms with Crippen molar-refractivity contribution in [2.75, 3.05) is 17.2 Å². The number of anilines is 2. The van der Waals surface area contributed by atoms with Gasteiger partial charge in [0.1, 0.15) is 11.5 Å². The second-order valence-corrected chi connectivity index (χ2v) is 5.34. The van der Waals surface area contributed by atoms with Crippen LogP contribution in [0, 0.1) is 0 Å². The van der Waals surface area contributed by atoms with Gasteiger partial charge in [-0.15, -0.1) is 0 Å². The highest BCUT2D eigenvalue weighted by Crippen LogP contribution is 2.22. The minimum atomic E-state index is -0.262. The maximum atomic E-state index is 12.2. The predicted molar refractivity (Wildman–Crippen MR) is 87.7 cm³/mol. The first-order valence-electron chi connectivity index (χ1n) is 6.79. The summed E-state index contributed by atoms with van der Waals surface area (Å²) in [5, 5.41) is 5.91. The Labute approximate surface area is 132 Å². The molecule has 0 fully saturated rings. The Morgan fingerprint density at radius 3 is 2.67 bits per heavy atom. The number of hydrogen-bond acceptors (Lipinski definition) is 4. The summed E-state index contributed by atoms with van der Waals surface area (Å²) < 4.78 is 0.993. The summed E-state index contributed by atoms with van der Waals surface area (Å²) in [6, 6.07) is 5.77. The molecule has 0 spiro atoms. The standard InChI is InChI=1S/C15H17BrN4O/c1-3-10-7-11(16)5-6-12(10)20-15(21)13-8-19-14(9-18-13)17-4-2/h5-9H,3-4H2,1-2H3,(H,17,19)(H,20,21).